The van der Waals surface area contributed by atoms with Gasteiger partial charge in [0.05, 0.1) is 12.6 Å². The third kappa shape index (κ3) is 2.85. The van der Waals surface area contributed by atoms with Gasteiger partial charge in [-0.05, 0) is 6.07 Å². The molecule has 6 heteroatoms. The number of hydrogen-bond donors (Lipinski definition) is 1. The van der Waals surface area contributed by atoms with Crippen molar-refractivity contribution >= 4 is 34.1 Å². The molecule has 0 aliphatic heterocycles. The van der Waals surface area contributed by atoms with E-state index in [4.69, 9.17) is 22.1 Å². The predicted octanol–water partition coefficient (Wildman–Crippen LogP) is 1.94. The monoisotopic (exact) mass is 290 g/mol. The van der Waals surface area contributed by atoms with E-state index in [9.17, 15) is 4.79 Å². The second-order valence-electron chi connectivity index (χ2n) is 4.28. The molecule has 0 bridgehead atoms. The third-order valence-electron chi connectivity index (χ3n) is 2.85. The fraction of sp³-hybridized carbons (Fsp3) is 0.214. The Kier molecular flexibility index (Phi) is 4.14. The van der Waals surface area contributed by atoms with Crippen molar-refractivity contribution in [2.24, 2.45) is 0 Å². The van der Waals surface area contributed by atoms with Crippen molar-refractivity contribution in [2.45, 2.75) is 0 Å². The lowest BCUT2D eigenvalue weighted by Gasteiger charge is -2.19. The fourth-order valence-electron chi connectivity index (χ4n) is 1.91. The average molecular weight is 290 g/mol. The molecular formula is C14H14N2O3S. The summed E-state index contributed by atoms with van der Waals surface area (Å²) < 4.78 is 5.17. The van der Waals surface area contributed by atoms with Gasteiger partial charge in [0.25, 0.3) is 0 Å². The number of aromatic nitrogens is 1. The lowest BCUT2D eigenvalue weighted by molar-refractivity contribution is -0.137. The van der Waals surface area contributed by atoms with Gasteiger partial charge < -0.3 is 14.7 Å². The highest BCUT2D eigenvalue weighted by molar-refractivity contribution is 7.80. The highest BCUT2D eigenvalue weighted by Crippen LogP contribution is 2.23. The van der Waals surface area contributed by atoms with Gasteiger partial charge >= 0.3 is 5.97 Å². The highest BCUT2D eigenvalue weighted by Gasteiger charge is 2.15. The Bertz CT molecular complexity index is 673. The van der Waals surface area contributed by atoms with Crippen molar-refractivity contribution in [3.05, 3.63) is 35.9 Å². The summed E-state index contributed by atoms with van der Waals surface area (Å²) in [5.74, 6) is -0.482. The molecule has 0 aliphatic carbocycles. The van der Waals surface area contributed by atoms with E-state index in [1.54, 1.807) is 13.1 Å². The van der Waals surface area contributed by atoms with E-state index in [-0.39, 0.29) is 6.54 Å². The van der Waals surface area contributed by atoms with Crippen molar-refractivity contribution in [2.75, 3.05) is 20.7 Å². The molecule has 1 heterocycles. The van der Waals surface area contributed by atoms with E-state index < -0.39 is 5.97 Å². The second kappa shape index (κ2) is 5.83. The molecule has 1 aromatic carbocycles. The van der Waals surface area contributed by atoms with Crippen LogP contribution in [0.15, 0.2) is 30.3 Å². The van der Waals surface area contributed by atoms with Crippen LogP contribution in [0.3, 0.4) is 0 Å². The van der Waals surface area contributed by atoms with Gasteiger partial charge in [0.1, 0.15) is 11.5 Å². The van der Waals surface area contributed by atoms with Gasteiger partial charge in [0.15, 0.2) is 0 Å². The number of carboxylic acid groups (broad SMARTS) is 1. The molecule has 0 saturated carbocycles. The topological polar surface area (TPSA) is 62.7 Å². The molecule has 0 aliphatic rings. The second-order valence-corrected chi connectivity index (χ2v) is 4.67. The summed E-state index contributed by atoms with van der Waals surface area (Å²) in [7, 11) is 3.18. The number of thiocarbonyl (C=S) groups is 1. The van der Waals surface area contributed by atoms with E-state index >= 15 is 0 Å². The Balaban J connectivity index is 2.51. The van der Waals surface area contributed by atoms with Crippen molar-refractivity contribution < 1.29 is 14.6 Å². The normalized spacial score (nSPS) is 10.3. The summed E-state index contributed by atoms with van der Waals surface area (Å²) in [4.78, 5) is 17.1. The maximum Gasteiger partial charge on any atom is 0.323 e. The first-order chi connectivity index (χ1) is 9.52. The van der Waals surface area contributed by atoms with E-state index in [1.807, 2.05) is 24.3 Å². The summed E-state index contributed by atoms with van der Waals surface area (Å²) in [5, 5.41) is 9.73. The van der Waals surface area contributed by atoms with Gasteiger partial charge in [0.2, 0.25) is 5.88 Å². The van der Waals surface area contributed by atoms with Crippen LogP contribution < -0.4 is 4.74 Å². The van der Waals surface area contributed by atoms with Crippen molar-refractivity contribution in [3.63, 3.8) is 0 Å². The number of carbonyl (C=O) groups is 1. The zero-order valence-electron chi connectivity index (χ0n) is 11.2. The van der Waals surface area contributed by atoms with Crippen molar-refractivity contribution in [3.8, 4) is 5.88 Å². The number of hydrogen-bond acceptors (Lipinski definition) is 4. The van der Waals surface area contributed by atoms with Gasteiger partial charge in [-0.15, -0.1) is 0 Å². The van der Waals surface area contributed by atoms with Gasteiger partial charge in [0, 0.05) is 24.1 Å². The number of carboxylic acids is 1. The zero-order chi connectivity index (χ0) is 14.7. The lowest BCUT2D eigenvalue weighted by atomic mass is 10.1. The number of fused-ring (bicyclic) bond motifs is 1. The van der Waals surface area contributed by atoms with Crippen LogP contribution in [0.5, 0.6) is 5.88 Å². The molecule has 2 rings (SSSR count). The Hall–Kier alpha value is -2.21. The van der Waals surface area contributed by atoms with Gasteiger partial charge in [-0.1, -0.05) is 30.4 Å². The van der Waals surface area contributed by atoms with Gasteiger partial charge in [-0.25, -0.2) is 4.98 Å². The Morgan fingerprint density at radius 3 is 2.80 bits per heavy atom. The highest BCUT2D eigenvalue weighted by atomic mass is 32.1. The summed E-state index contributed by atoms with van der Waals surface area (Å²) >= 11 is 5.38. The predicted molar refractivity (Wildman–Crippen MR) is 80.3 cm³/mol. The fourth-order valence-corrected chi connectivity index (χ4v) is 2.15. The van der Waals surface area contributed by atoms with Crippen LogP contribution in [0, 0.1) is 0 Å². The largest absolute Gasteiger partial charge is 0.481 e. The summed E-state index contributed by atoms with van der Waals surface area (Å²) in [6.45, 7) is -0.155. The molecule has 0 atom stereocenters. The lowest BCUT2D eigenvalue weighted by Crippen LogP contribution is -2.31. The third-order valence-corrected chi connectivity index (χ3v) is 3.38. The molecule has 0 spiro atoms. The summed E-state index contributed by atoms with van der Waals surface area (Å²) in [6.07, 6.45) is 0. The Morgan fingerprint density at radius 2 is 2.15 bits per heavy atom. The Morgan fingerprint density at radius 1 is 1.45 bits per heavy atom. The molecule has 104 valence electrons. The van der Waals surface area contributed by atoms with Gasteiger partial charge in [-0.2, -0.15) is 0 Å². The Labute approximate surface area is 121 Å². The maximum atomic E-state index is 10.8. The van der Waals surface area contributed by atoms with Crippen LogP contribution in [0.1, 0.15) is 5.56 Å². The molecule has 1 aromatic heterocycles. The number of benzene rings is 1. The number of rotatable bonds is 4. The molecule has 0 fully saturated rings. The minimum atomic E-state index is -0.930. The molecule has 20 heavy (non-hydrogen) atoms. The smallest absolute Gasteiger partial charge is 0.323 e. The van der Waals surface area contributed by atoms with Crippen LogP contribution >= 0.6 is 12.2 Å². The molecule has 2 aromatic rings. The number of methoxy groups -OCH3 is 1. The van der Waals surface area contributed by atoms with Crippen molar-refractivity contribution in [1.29, 1.82) is 0 Å². The molecular weight excluding hydrogens is 276 g/mol. The average Bonchev–Trinajstić information content (AvgIpc) is 2.44. The number of nitrogens with zero attached hydrogens (tertiary/aromatic N) is 2. The SMILES string of the molecule is COc1cc(C(=S)N(C)CC(=O)O)c2ccccc2n1. The first-order valence-electron chi connectivity index (χ1n) is 5.94. The van der Waals surface area contributed by atoms with Crippen LogP contribution in [0.4, 0.5) is 0 Å². The zero-order valence-corrected chi connectivity index (χ0v) is 12.0. The van der Waals surface area contributed by atoms with Gasteiger partial charge in [-0.3, -0.25) is 4.79 Å². The number of pyridine rings is 1. The van der Waals surface area contributed by atoms with E-state index in [1.165, 1.54) is 12.0 Å². The van der Waals surface area contributed by atoms with Crippen LogP contribution in [0.2, 0.25) is 0 Å². The number of aliphatic carboxylic acids is 1. The van der Waals surface area contributed by atoms with E-state index in [2.05, 4.69) is 4.98 Å². The number of ether oxygens (including phenoxy) is 1. The van der Waals surface area contributed by atoms with E-state index in [0.29, 0.717) is 10.9 Å². The molecule has 0 amide bonds. The number of para-hydroxylation sites is 1. The van der Waals surface area contributed by atoms with Crippen LogP contribution in [0.25, 0.3) is 10.9 Å². The minimum Gasteiger partial charge on any atom is -0.481 e. The molecule has 0 saturated heterocycles. The molecule has 1 N–H and O–H groups in total. The molecule has 5 nitrogen and oxygen atoms in total. The van der Waals surface area contributed by atoms with Crippen LogP contribution in [-0.4, -0.2) is 46.7 Å². The summed E-state index contributed by atoms with van der Waals surface area (Å²) in [6, 6.07) is 9.25. The number of likely N-dealkylation sites (N-methyl/N-ethyl adjacent to an activating group) is 1. The first-order valence-corrected chi connectivity index (χ1v) is 6.34. The minimum absolute atomic E-state index is 0.155. The molecule has 0 unspecified atom stereocenters. The van der Waals surface area contributed by atoms with E-state index in [0.717, 1.165) is 16.5 Å². The quantitative estimate of drug-likeness (QED) is 0.868. The van der Waals surface area contributed by atoms with Crippen molar-refractivity contribution in [1.82, 2.24) is 9.88 Å². The standard InChI is InChI=1S/C14H14N2O3S/c1-16(8-13(17)18)14(20)10-7-12(19-2)15-11-6-4-3-5-9(10)11/h3-7H,8H2,1-2H3,(H,17,18). The maximum absolute atomic E-state index is 10.8. The van der Waals surface area contributed by atoms with Crippen LogP contribution in [-0.2, 0) is 4.79 Å². The first kappa shape index (κ1) is 14.2. The molecule has 0 radical (unpaired) electrons. The summed E-state index contributed by atoms with van der Waals surface area (Å²) in [5.41, 5.74) is 1.50.